The first kappa shape index (κ1) is 25.0. The van der Waals surface area contributed by atoms with Gasteiger partial charge in [-0.15, -0.1) is 13.2 Å². The number of rotatable bonds is 9. The monoisotopic (exact) mass is 477 g/mol. The van der Waals surface area contributed by atoms with Crippen LogP contribution in [0.1, 0.15) is 36.8 Å². The molecule has 2 aromatic rings. The van der Waals surface area contributed by atoms with E-state index in [9.17, 15) is 23.2 Å². The van der Waals surface area contributed by atoms with E-state index in [1.165, 1.54) is 24.4 Å². The highest BCUT2D eigenvalue weighted by atomic mass is 19.4. The van der Waals surface area contributed by atoms with Gasteiger partial charge >= 0.3 is 6.36 Å². The van der Waals surface area contributed by atoms with E-state index in [1.807, 2.05) is 6.07 Å². The first-order valence-electron chi connectivity index (χ1n) is 10.9. The summed E-state index contributed by atoms with van der Waals surface area (Å²) < 4.78 is 41.9. The third-order valence-corrected chi connectivity index (χ3v) is 5.50. The third kappa shape index (κ3) is 7.48. The van der Waals surface area contributed by atoms with Crippen molar-refractivity contribution >= 4 is 17.7 Å². The number of nitrogens with zero attached hydrogens (tertiary/aromatic N) is 3. The Kier molecular flexibility index (Phi) is 8.48. The number of carbonyl (C=O) groups excluding carboxylic acids is 1. The van der Waals surface area contributed by atoms with Crippen LogP contribution >= 0.6 is 0 Å². The highest BCUT2D eigenvalue weighted by Gasteiger charge is 2.32. The van der Waals surface area contributed by atoms with Crippen molar-refractivity contribution in [3.8, 4) is 11.8 Å². The summed E-state index contributed by atoms with van der Waals surface area (Å²) in [6, 6.07) is 7.94. The molecular weight excluding hydrogens is 451 g/mol. The molecular formula is C22H26F3N7O2. The lowest BCUT2D eigenvalue weighted by Crippen LogP contribution is -2.41. The maximum absolute atomic E-state index is 12.6. The molecule has 0 aliphatic heterocycles. The largest absolute Gasteiger partial charge is 0.573 e. The molecule has 1 aliphatic rings. The number of aromatic nitrogens is 2. The molecule has 0 saturated heterocycles. The molecule has 1 amide bonds. The average molecular weight is 477 g/mol. The van der Waals surface area contributed by atoms with Crippen LogP contribution in [0, 0.1) is 17.2 Å². The molecule has 1 aliphatic carbocycles. The van der Waals surface area contributed by atoms with Crippen LogP contribution in [0.4, 0.5) is 24.9 Å². The van der Waals surface area contributed by atoms with E-state index < -0.39 is 6.36 Å². The van der Waals surface area contributed by atoms with Gasteiger partial charge in [-0.25, -0.2) is 4.98 Å². The van der Waals surface area contributed by atoms with Crippen LogP contribution in [0.15, 0.2) is 30.5 Å². The average Bonchev–Trinajstić information content (AvgIpc) is 2.82. The van der Waals surface area contributed by atoms with Crippen molar-refractivity contribution in [2.45, 2.75) is 44.6 Å². The van der Waals surface area contributed by atoms with Crippen molar-refractivity contribution in [3.63, 3.8) is 0 Å². The predicted octanol–water partition coefficient (Wildman–Crippen LogP) is 2.90. The number of ether oxygens (including phenoxy) is 1. The van der Waals surface area contributed by atoms with Gasteiger partial charge in [0.25, 0.3) is 0 Å². The molecule has 1 saturated carbocycles. The van der Waals surface area contributed by atoms with Crippen molar-refractivity contribution in [2.75, 3.05) is 23.7 Å². The summed E-state index contributed by atoms with van der Waals surface area (Å²) in [4.78, 5) is 19.8. The number of amides is 1. The van der Waals surface area contributed by atoms with E-state index in [-0.39, 0.29) is 47.9 Å². The van der Waals surface area contributed by atoms with E-state index in [1.54, 1.807) is 6.07 Å². The number of nitrogens with one attached hydrogen (secondary N) is 3. The summed E-state index contributed by atoms with van der Waals surface area (Å²) in [6.07, 6.45) is 0.0495. The second-order valence-corrected chi connectivity index (χ2v) is 7.95. The lowest BCUT2D eigenvalue weighted by molar-refractivity contribution is -0.274. The number of anilines is 2. The number of para-hydroxylation sites is 1. The number of nitriles is 1. The van der Waals surface area contributed by atoms with Crippen LogP contribution in [-0.4, -0.2) is 41.4 Å². The Labute approximate surface area is 194 Å². The van der Waals surface area contributed by atoms with Gasteiger partial charge in [0.15, 0.2) is 0 Å². The summed E-state index contributed by atoms with van der Waals surface area (Å²) in [5, 5.41) is 18.3. The molecule has 0 bridgehead atoms. The number of hydrogen-bond donors (Lipinski definition) is 4. The topological polar surface area (TPSA) is 138 Å². The quantitative estimate of drug-likeness (QED) is 0.433. The second kappa shape index (κ2) is 11.5. The van der Waals surface area contributed by atoms with Gasteiger partial charge in [0.05, 0.1) is 12.7 Å². The lowest BCUT2D eigenvalue weighted by atomic mass is 9.86. The predicted molar refractivity (Wildman–Crippen MR) is 119 cm³/mol. The Bertz CT molecular complexity index is 1020. The van der Waals surface area contributed by atoms with Crippen LogP contribution in [-0.2, 0) is 11.3 Å². The normalized spacial score (nSPS) is 18.0. The molecule has 9 nitrogen and oxygen atoms in total. The number of alkyl halides is 3. The van der Waals surface area contributed by atoms with Gasteiger partial charge in [-0.05, 0) is 37.7 Å². The first-order valence-corrected chi connectivity index (χ1v) is 10.9. The van der Waals surface area contributed by atoms with Gasteiger partial charge in [-0.2, -0.15) is 10.2 Å². The summed E-state index contributed by atoms with van der Waals surface area (Å²) in [7, 11) is 0. The molecule has 34 heavy (non-hydrogen) atoms. The fraction of sp³-hybridized carbons (Fsp3) is 0.455. The van der Waals surface area contributed by atoms with Gasteiger partial charge in [0.1, 0.15) is 23.2 Å². The van der Waals surface area contributed by atoms with Crippen molar-refractivity contribution in [1.82, 2.24) is 15.3 Å². The third-order valence-electron chi connectivity index (χ3n) is 5.50. The molecule has 182 valence electrons. The molecule has 0 unspecified atom stereocenters. The SMILES string of the molecule is N#Cc1cnc(NCc2ccccc2OC(F)(F)F)nc1NC[C@H]1CC[C@H](NC(=O)CN)CC1. The number of nitrogens with two attached hydrogens (primary N) is 1. The number of hydrogen-bond acceptors (Lipinski definition) is 8. The fourth-order valence-electron chi connectivity index (χ4n) is 3.77. The highest BCUT2D eigenvalue weighted by Crippen LogP contribution is 2.27. The molecule has 12 heteroatoms. The molecule has 0 atom stereocenters. The van der Waals surface area contributed by atoms with E-state index >= 15 is 0 Å². The van der Waals surface area contributed by atoms with Crippen LogP contribution in [0.5, 0.6) is 5.75 Å². The van der Waals surface area contributed by atoms with Gasteiger partial charge in [0.2, 0.25) is 11.9 Å². The lowest BCUT2D eigenvalue weighted by Gasteiger charge is -2.29. The molecule has 1 heterocycles. The minimum absolute atomic E-state index is 0.00384. The van der Waals surface area contributed by atoms with E-state index in [0.717, 1.165) is 25.7 Å². The van der Waals surface area contributed by atoms with E-state index in [2.05, 4.69) is 30.7 Å². The Morgan fingerprint density at radius 1 is 1.21 bits per heavy atom. The van der Waals surface area contributed by atoms with Crippen molar-refractivity contribution < 1.29 is 22.7 Å². The summed E-state index contributed by atoms with van der Waals surface area (Å²) >= 11 is 0. The summed E-state index contributed by atoms with van der Waals surface area (Å²) in [5.74, 6) is 0.381. The summed E-state index contributed by atoms with van der Waals surface area (Å²) in [5.41, 5.74) is 5.88. The Balaban J connectivity index is 1.57. The van der Waals surface area contributed by atoms with Crippen molar-refractivity contribution in [1.29, 1.82) is 5.26 Å². The van der Waals surface area contributed by atoms with Crippen molar-refractivity contribution in [3.05, 3.63) is 41.6 Å². The van der Waals surface area contributed by atoms with Crippen LogP contribution in [0.2, 0.25) is 0 Å². The number of halogens is 3. The molecule has 1 fully saturated rings. The fourth-order valence-corrected chi connectivity index (χ4v) is 3.77. The van der Waals surface area contributed by atoms with Gasteiger partial charge in [-0.3, -0.25) is 4.79 Å². The molecule has 5 N–H and O–H groups in total. The standard InChI is InChI=1S/C22H26F3N7O2/c23-22(24,25)34-18-4-2-1-3-15(18)12-29-21-30-13-16(9-26)20(32-21)28-11-14-5-7-17(8-6-14)31-19(33)10-27/h1-4,13-14,17H,5-8,10-12,27H2,(H,31,33)(H2,28,29,30,32)/t14-,17-. The van der Waals surface area contributed by atoms with Crippen LogP contribution < -0.4 is 26.4 Å². The minimum atomic E-state index is -4.80. The van der Waals surface area contributed by atoms with E-state index in [0.29, 0.717) is 18.3 Å². The molecule has 0 spiro atoms. The molecule has 1 aromatic heterocycles. The van der Waals surface area contributed by atoms with E-state index in [4.69, 9.17) is 5.73 Å². The Morgan fingerprint density at radius 2 is 1.94 bits per heavy atom. The number of carbonyl (C=O) groups is 1. The highest BCUT2D eigenvalue weighted by molar-refractivity contribution is 5.78. The number of benzene rings is 1. The molecule has 3 rings (SSSR count). The Morgan fingerprint density at radius 3 is 2.62 bits per heavy atom. The maximum Gasteiger partial charge on any atom is 0.573 e. The molecule has 1 aromatic carbocycles. The zero-order valence-corrected chi connectivity index (χ0v) is 18.4. The van der Waals surface area contributed by atoms with Crippen LogP contribution in [0.25, 0.3) is 0 Å². The van der Waals surface area contributed by atoms with Gasteiger partial charge in [-0.1, -0.05) is 18.2 Å². The molecule has 0 radical (unpaired) electrons. The summed E-state index contributed by atoms with van der Waals surface area (Å²) in [6.45, 7) is 0.560. The zero-order chi connectivity index (χ0) is 24.6. The van der Waals surface area contributed by atoms with Crippen molar-refractivity contribution in [2.24, 2.45) is 11.7 Å². The van der Waals surface area contributed by atoms with Gasteiger partial charge in [0, 0.05) is 24.7 Å². The first-order chi connectivity index (χ1) is 16.3. The zero-order valence-electron chi connectivity index (χ0n) is 18.4. The Hall–Kier alpha value is -3.59. The van der Waals surface area contributed by atoms with Crippen LogP contribution in [0.3, 0.4) is 0 Å². The second-order valence-electron chi connectivity index (χ2n) is 7.95. The maximum atomic E-state index is 12.6. The minimum Gasteiger partial charge on any atom is -0.405 e. The van der Waals surface area contributed by atoms with Gasteiger partial charge < -0.3 is 26.4 Å². The smallest absolute Gasteiger partial charge is 0.405 e.